The lowest BCUT2D eigenvalue weighted by Gasteiger charge is -2.22. The third-order valence-electron chi connectivity index (χ3n) is 5.35. The summed E-state index contributed by atoms with van der Waals surface area (Å²) in [6.45, 7) is 6.32. The van der Waals surface area contributed by atoms with Gasteiger partial charge in [0, 0.05) is 13.0 Å². The van der Waals surface area contributed by atoms with E-state index in [-0.39, 0.29) is 24.9 Å². The number of benzene rings is 2. The van der Waals surface area contributed by atoms with Gasteiger partial charge in [0.2, 0.25) is 10.0 Å². The summed E-state index contributed by atoms with van der Waals surface area (Å²) in [5.41, 5.74) is 3.90. The van der Waals surface area contributed by atoms with Gasteiger partial charge in [0.05, 0.1) is 18.0 Å². The number of ether oxygens (including phenoxy) is 1. The van der Waals surface area contributed by atoms with Gasteiger partial charge in [0.25, 0.3) is 5.91 Å². The summed E-state index contributed by atoms with van der Waals surface area (Å²) >= 11 is 0. The van der Waals surface area contributed by atoms with E-state index >= 15 is 0 Å². The Morgan fingerprint density at radius 2 is 1.93 bits per heavy atom. The summed E-state index contributed by atoms with van der Waals surface area (Å²) < 4.78 is 31.7. The van der Waals surface area contributed by atoms with Crippen molar-refractivity contribution in [2.45, 2.75) is 45.8 Å². The fourth-order valence-corrected chi connectivity index (χ4v) is 4.47. The Bertz CT molecular complexity index is 1000. The number of hydrogen-bond acceptors (Lipinski definition) is 4. The molecule has 2 aromatic carbocycles. The zero-order valence-electron chi connectivity index (χ0n) is 17.3. The summed E-state index contributed by atoms with van der Waals surface area (Å²) in [5, 5.41) is 3.08. The first-order valence-corrected chi connectivity index (χ1v) is 11.7. The molecule has 2 aromatic rings. The number of anilines is 1. The van der Waals surface area contributed by atoms with E-state index in [0.717, 1.165) is 18.2 Å². The lowest BCUT2D eigenvalue weighted by Crippen LogP contribution is -2.41. The van der Waals surface area contributed by atoms with Crippen LogP contribution in [0.4, 0.5) is 5.69 Å². The summed E-state index contributed by atoms with van der Waals surface area (Å²) in [6, 6.07) is 13.0. The van der Waals surface area contributed by atoms with Gasteiger partial charge < -0.3 is 10.1 Å². The van der Waals surface area contributed by atoms with E-state index in [9.17, 15) is 13.2 Å². The predicted octanol–water partition coefficient (Wildman–Crippen LogP) is 3.49. The molecule has 1 N–H and O–H groups in total. The van der Waals surface area contributed by atoms with Crippen LogP contribution >= 0.6 is 0 Å². The molecule has 3 rings (SSSR count). The Balaban J connectivity index is 1.81. The van der Waals surface area contributed by atoms with Crippen molar-refractivity contribution in [1.29, 1.82) is 0 Å². The van der Waals surface area contributed by atoms with Crippen molar-refractivity contribution < 1.29 is 17.9 Å². The third-order valence-corrected chi connectivity index (χ3v) is 6.53. The van der Waals surface area contributed by atoms with Crippen LogP contribution in [0.5, 0.6) is 5.75 Å². The molecule has 0 spiro atoms. The highest BCUT2D eigenvalue weighted by molar-refractivity contribution is 7.92. The van der Waals surface area contributed by atoms with Crippen molar-refractivity contribution in [1.82, 2.24) is 5.32 Å². The summed E-state index contributed by atoms with van der Waals surface area (Å²) in [5.74, 6) is 0.162. The fraction of sp³-hybridized carbons (Fsp3) is 0.409. The fourth-order valence-electron chi connectivity index (χ4n) is 3.53. The molecule has 1 heterocycles. The molecule has 7 heteroatoms. The first-order valence-electron chi connectivity index (χ1n) is 9.81. The number of para-hydroxylation sites is 2. The van der Waals surface area contributed by atoms with Gasteiger partial charge in [-0.15, -0.1) is 0 Å². The monoisotopic (exact) mass is 416 g/mol. The zero-order chi connectivity index (χ0) is 21.2. The lowest BCUT2D eigenvalue weighted by atomic mass is 9.99. The van der Waals surface area contributed by atoms with Crippen LogP contribution < -0.4 is 14.4 Å². The Hall–Kier alpha value is -2.54. The van der Waals surface area contributed by atoms with Crippen LogP contribution in [0.25, 0.3) is 0 Å². The van der Waals surface area contributed by atoms with E-state index in [1.54, 1.807) is 24.3 Å². The molecule has 2 atom stereocenters. The highest BCUT2D eigenvalue weighted by Crippen LogP contribution is 2.34. The maximum absolute atomic E-state index is 13.0. The van der Waals surface area contributed by atoms with Crippen LogP contribution in [0.2, 0.25) is 0 Å². The number of amides is 1. The molecule has 0 saturated carbocycles. The van der Waals surface area contributed by atoms with Crippen molar-refractivity contribution in [2.24, 2.45) is 0 Å². The van der Waals surface area contributed by atoms with Crippen molar-refractivity contribution in [3.63, 3.8) is 0 Å². The predicted molar refractivity (Wildman–Crippen MR) is 115 cm³/mol. The Labute approximate surface area is 172 Å². The minimum atomic E-state index is -3.47. The van der Waals surface area contributed by atoms with Crippen molar-refractivity contribution in [3.8, 4) is 5.75 Å². The van der Waals surface area contributed by atoms with Crippen LogP contribution in [-0.2, 0) is 14.8 Å². The molecule has 1 aliphatic rings. The van der Waals surface area contributed by atoms with E-state index in [1.165, 1.54) is 15.4 Å². The second-order valence-corrected chi connectivity index (χ2v) is 9.42. The summed E-state index contributed by atoms with van der Waals surface area (Å²) in [4.78, 5) is 13.0. The Morgan fingerprint density at radius 3 is 2.59 bits per heavy atom. The lowest BCUT2D eigenvalue weighted by molar-refractivity contribution is -0.128. The van der Waals surface area contributed by atoms with Gasteiger partial charge in [-0.1, -0.05) is 37.3 Å². The standard InChI is InChI=1S/C22H28N2O4S/c1-5-18(17-11-10-15(2)16(3)14-17)23-22(25)21-12-13-24(29(4,26)27)19-8-6-7-9-20(19)28-21/h6-11,14,18,21H,5,12-13H2,1-4H3,(H,23,25)/t18-,21+/m0/s1. The molecule has 6 nitrogen and oxygen atoms in total. The molecule has 0 unspecified atom stereocenters. The number of nitrogens with zero attached hydrogens (tertiary/aromatic N) is 1. The van der Waals surface area contributed by atoms with E-state index < -0.39 is 16.1 Å². The molecule has 0 aliphatic carbocycles. The number of hydrogen-bond donors (Lipinski definition) is 1. The maximum atomic E-state index is 13.0. The molecule has 0 bridgehead atoms. The highest BCUT2D eigenvalue weighted by Gasteiger charge is 2.31. The van der Waals surface area contributed by atoms with E-state index in [1.807, 2.05) is 13.0 Å². The summed E-state index contributed by atoms with van der Waals surface area (Å²) in [6.07, 6.45) is 1.42. The topological polar surface area (TPSA) is 75.7 Å². The quantitative estimate of drug-likeness (QED) is 0.810. The van der Waals surface area contributed by atoms with Gasteiger partial charge in [0.15, 0.2) is 6.10 Å². The molecule has 29 heavy (non-hydrogen) atoms. The molecule has 0 fully saturated rings. The molecule has 156 valence electrons. The zero-order valence-corrected chi connectivity index (χ0v) is 18.1. The molecule has 0 radical (unpaired) electrons. The van der Waals surface area contributed by atoms with E-state index in [2.05, 4.69) is 31.3 Å². The van der Waals surface area contributed by atoms with Crippen LogP contribution in [0.1, 0.15) is 42.5 Å². The number of rotatable bonds is 5. The van der Waals surface area contributed by atoms with Crippen LogP contribution in [0.3, 0.4) is 0 Å². The molecule has 1 amide bonds. The van der Waals surface area contributed by atoms with Crippen molar-refractivity contribution in [3.05, 3.63) is 59.2 Å². The van der Waals surface area contributed by atoms with Gasteiger partial charge in [-0.25, -0.2) is 8.42 Å². The van der Waals surface area contributed by atoms with Crippen LogP contribution in [-0.4, -0.2) is 33.2 Å². The second-order valence-electron chi connectivity index (χ2n) is 7.51. The Kier molecular flexibility index (Phi) is 6.17. The molecular weight excluding hydrogens is 388 g/mol. The van der Waals surface area contributed by atoms with Gasteiger partial charge in [-0.05, 0) is 49.1 Å². The number of nitrogens with one attached hydrogen (secondary N) is 1. The maximum Gasteiger partial charge on any atom is 0.261 e. The van der Waals surface area contributed by atoms with Gasteiger partial charge >= 0.3 is 0 Å². The number of carbonyl (C=O) groups excluding carboxylic acids is 1. The molecular formula is C22H28N2O4S. The number of fused-ring (bicyclic) bond motifs is 1. The largest absolute Gasteiger partial charge is 0.478 e. The molecule has 0 saturated heterocycles. The minimum absolute atomic E-state index is 0.130. The normalized spacial score (nSPS) is 17.7. The molecule has 0 aromatic heterocycles. The van der Waals surface area contributed by atoms with Crippen LogP contribution in [0.15, 0.2) is 42.5 Å². The van der Waals surface area contributed by atoms with Gasteiger partial charge in [-0.2, -0.15) is 0 Å². The first kappa shape index (κ1) is 21.2. The average Bonchev–Trinajstić information content (AvgIpc) is 2.88. The molecule has 1 aliphatic heterocycles. The third kappa shape index (κ3) is 4.72. The Morgan fingerprint density at radius 1 is 1.21 bits per heavy atom. The number of sulfonamides is 1. The SMILES string of the molecule is CC[C@H](NC(=O)[C@H]1CCN(S(C)(=O)=O)c2ccccc2O1)c1ccc(C)c(C)c1. The minimum Gasteiger partial charge on any atom is -0.478 e. The van der Waals surface area contributed by atoms with Gasteiger partial charge in [-0.3, -0.25) is 9.10 Å². The second kappa shape index (κ2) is 8.45. The number of carbonyl (C=O) groups is 1. The van der Waals surface area contributed by atoms with Crippen molar-refractivity contribution in [2.75, 3.05) is 17.1 Å². The van der Waals surface area contributed by atoms with Crippen LogP contribution in [0, 0.1) is 13.8 Å². The first-order chi connectivity index (χ1) is 13.7. The smallest absolute Gasteiger partial charge is 0.261 e. The van der Waals surface area contributed by atoms with E-state index in [4.69, 9.17) is 4.74 Å². The van der Waals surface area contributed by atoms with Gasteiger partial charge in [0.1, 0.15) is 5.75 Å². The van der Waals surface area contributed by atoms with Crippen molar-refractivity contribution >= 4 is 21.6 Å². The average molecular weight is 417 g/mol. The number of aryl methyl sites for hydroxylation is 2. The van der Waals surface area contributed by atoms with E-state index in [0.29, 0.717) is 11.4 Å². The summed E-state index contributed by atoms with van der Waals surface area (Å²) in [7, 11) is -3.47. The highest BCUT2D eigenvalue weighted by atomic mass is 32.2.